The predicted molar refractivity (Wildman–Crippen MR) is 67.3 cm³/mol. The second kappa shape index (κ2) is 4.78. The van der Waals surface area contributed by atoms with Gasteiger partial charge in [-0.15, -0.1) is 0 Å². The van der Waals surface area contributed by atoms with Gasteiger partial charge in [0.05, 0.1) is 0 Å². The molecule has 5 heteroatoms. The molecule has 5 nitrogen and oxygen atoms in total. The number of amides is 2. The maximum Gasteiger partial charge on any atom is 0.329 e. The minimum atomic E-state index is -1.04. The Bertz CT molecular complexity index is 354. The van der Waals surface area contributed by atoms with Crippen molar-refractivity contribution in [2.75, 3.05) is 6.54 Å². The van der Waals surface area contributed by atoms with Crippen molar-refractivity contribution in [3.8, 4) is 0 Å². The van der Waals surface area contributed by atoms with Crippen molar-refractivity contribution in [1.29, 1.82) is 0 Å². The first-order chi connectivity index (χ1) is 8.43. The van der Waals surface area contributed by atoms with E-state index in [1.807, 2.05) is 6.92 Å². The van der Waals surface area contributed by atoms with Crippen LogP contribution in [0.25, 0.3) is 0 Å². The fraction of sp³-hybridized carbons (Fsp3) is 0.846. The number of nitrogens with one attached hydrogen (secondary N) is 1. The number of hydrogen-bond acceptors (Lipinski definition) is 2. The van der Waals surface area contributed by atoms with Crippen LogP contribution in [0.5, 0.6) is 0 Å². The summed E-state index contributed by atoms with van der Waals surface area (Å²) in [5, 5.41) is 12.2. The van der Waals surface area contributed by atoms with Gasteiger partial charge >= 0.3 is 12.0 Å². The summed E-state index contributed by atoms with van der Waals surface area (Å²) in [5.41, 5.74) is -1.04. The highest BCUT2D eigenvalue weighted by Crippen LogP contribution is 2.34. The molecule has 18 heavy (non-hydrogen) atoms. The highest BCUT2D eigenvalue weighted by Gasteiger charge is 2.46. The van der Waals surface area contributed by atoms with Crippen LogP contribution >= 0.6 is 0 Å². The standard InChI is InChI=1S/C13H22N2O3/c1-9(8-10-4-5-10)14-12(18)15-7-3-6-13(15,2)11(16)17/h9-10H,3-8H2,1-2H3,(H,14,18)(H,16,17). The third-order valence-electron chi connectivity index (χ3n) is 4.10. The van der Waals surface area contributed by atoms with E-state index >= 15 is 0 Å². The van der Waals surface area contributed by atoms with Crippen molar-refractivity contribution in [2.24, 2.45) is 5.92 Å². The maximum atomic E-state index is 12.1. The van der Waals surface area contributed by atoms with Crippen molar-refractivity contribution >= 4 is 12.0 Å². The number of likely N-dealkylation sites (tertiary alicyclic amines) is 1. The Morgan fingerprint density at radius 1 is 1.50 bits per heavy atom. The number of carbonyl (C=O) groups excluding carboxylic acids is 1. The Morgan fingerprint density at radius 2 is 2.17 bits per heavy atom. The van der Waals surface area contributed by atoms with Crippen LogP contribution < -0.4 is 5.32 Å². The molecular formula is C13H22N2O3. The Kier molecular flexibility index (Phi) is 3.50. The first-order valence-corrected chi connectivity index (χ1v) is 6.75. The molecule has 2 amide bonds. The smallest absolute Gasteiger partial charge is 0.329 e. The molecule has 0 bridgehead atoms. The molecule has 1 heterocycles. The van der Waals surface area contributed by atoms with Crippen molar-refractivity contribution in [1.82, 2.24) is 10.2 Å². The molecule has 2 fully saturated rings. The molecule has 2 atom stereocenters. The number of rotatable bonds is 4. The topological polar surface area (TPSA) is 69.6 Å². The second-order valence-electron chi connectivity index (χ2n) is 5.86. The number of carboxylic acid groups (broad SMARTS) is 1. The molecule has 1 saturated carbocycles. The molecule has 0 radical (unpaired) electrons. The fourth-order valence-corrected chi connectivity index (χ4v) is 2.71. The van der Waals surface area contributed by atoms with E-state index in [-0.39, 0.29) is 12.1 Å². The third-order valence-corrected chi connectivity index (χ3v) is 4.10. The average molecular weight is 254 g/mol. The van der Waals surface area contributed by atoms with Crippen LogP contribution in [0.3, 0.4) is 0 Å². The van der Waals surface area contributed by atoms with Gasteiger partial charge in [0.15, 0.2) is 0 Å². The van der Waals surface area contributed by atoms with Gasteiger partial charge in [-0.1, -0.05) is 12.8 Å². The summed E-state index contributed by atoms with van der Waals surface area (Å²) in [7, 11) is 0. The Balaban J connectivity index is 1.92. The molecule has 2 rings (SSSR count). The molecule has 0 aromatic rings. The first-order valence-electron chi connectivity index (χ1n) is 6.75. The number of urea groups is 1. The van der Waals surface area contributed by atoms with E-state index in [9.17, 15) is 14.7 Å². The van der Waals surface area contributed by atoms with Crippen molar-refractivity contribution in [3.63, 3.8) is 0 Å². The number of carbonyl (C=O) groups is 2. The van der Waals surface area contributed by atoms with Crippen LogP contribution in [0.1, 0.15) is 46.0 Å². The van der Waals surface area contributed by atoms with E-state index in [1.165, 1.54) is 17.7 Å². The molecule has 1 saturated heterocycles. The summed E-state index contributed by atoms with van der Waals surface area (Å²) in [6, 6.07) is -0.103. The molecule has 102 valence electrons. The van der Waals surface area contributed by atoms with Crippen LogP contribution in [0.15, 0.2) is 0 Å². The van der Waals surface area contributed by atoms with E-state index in [0.717, 1.165) is 18.8 Å². The lowest BCUT2D eigenvalue weighted by atomic mass is 10.00. The first kappa shape index (κ1) is 13.2. The molecule has 2 N–H and O–H groups in total. The monoisotopic (exact) mass is 254 g/mol. The van der Waals surface area contributed by atoms with Crippen LogP contribution in [-0.2, 0) is 4.79 Å². The highest BCUT2D eigenvalue weighted by atomic mass is 16.4. The average Bonchev–Trinajstić information content (AvgIpc) is 2.98. The van der Waals surface area contributed by atoms with Crippen LogP contribution in [0.4, 0.5) is 4.79 Å². The van der Waals surface area contributed by atoms with Gasteiger partial charge in [0, 0.05) is 12.6 Å². The second-order valence-corrected chi connectivity index (χ2v) is 5.86. The van der Waals surface area contributed by atoms with Crippen LogP contribution in [0, 0.1) is 5.92 Å². The van der Waals surface area contributed by atoms with E-state index in [0.29, 0.717) is 13.0 Å². The molecule has 2 unspecified atom stereocenters. The summed E-state index contributed by atoms with van der Waals surface area (Å²) in [5.74, 6) is -0.158. The fourth-order valence-electron chi connectivity index (χ4n) is 2.71. The Morgan fingerprint density at radius 3 is 2.72 bits per heavy atom. The van der Waals surface area contributed by atoms with Crippen molar-refractivity contribution < 1.29 is 14.7 Å². The largest absolute Gasteiger partial charge is 0.480 e. The third kappa shape index (κ3) is 2.60. The Labute approximate surface area is 108 Å². The zero-order valence-corrected chi connectivity index (χ0v) is 11.1. The Hall–Kier alpha value is -1.26. The predicted octanol–water partition coefficient (Wildman–Crippen LogP) is 1.82. The minimum absolute atomic E-state index is 0.128. The minimum Gasteiger partial charge on any atom is -0.480 e. The van der Waals surface area contributed by atoms with Gasteiger partial charge in [0.25, 0.3) is 0 Å². The maximum absolute atomic E-state index is 12.1. The molecule has 1 aliphatic heterocycles. The number of nitrogens with zero attached hydrogens (tertiary/aromatic N) is 1. The SMILES string of the molecule is CC(CC1CC1)NC(=O)N1CCCC1(C)C(=O)O. The zero-order valence-electron chi connectivity index (χ0n) is 11.1. The van der Waals surface area contributed by atoms with E-state index < -0.39 is 11.5 Å². The van der Waals surface area contributed by atoms with Gasteiger partial charge in [-0.2, -0.15) is 0 Å². The summed E-state index contributed by atoms with van der Waals surface area (Å²) < 4.78 is 0. The van der Waals surface area contributed by atoms with Crippen molar-refractivity contribution in [2.45, 2.75) is 57.5 Å². The lowest BCUT2D eigenvalue weighted by Gasteiger charge is -2.32. The van der Waals surface area contributed by atoms with Crippen LogP contribution in [-0.4, -0.2) is 40.1 Å². The van der Waals surface area contributed by atoms with Gasteiger partial charge in [0.1, 0.15) is 5.54 Å². The summed E-state index contributed by atoms with van der Waals surface area (Å²) in [4.78, 5) is 24.9. The molecular weight excluding hydrogens is 232 g/mol. The van der Waals surface area contributed by atoms with Gasteiger partial charge in [-0.05, 0) is 39.0 Å². The molecule has 0 aromatic carbocycles. The molecule has 2 aliphatic rings. The summed E-state index contributed by atoms with van der Waals surface area (Å²) in [6.07, 6.45) is 4.82. The van der Waals surface area contributed by atoms with Gasteiger partial charge in [-0.3, -0.25) is 0 Å². The number of carboxylic acids is 1. The number of aliphatic carboxylic acids is 1. The van der Waals surface area contributed by atoms with Gasteiger partial charge in [-0.25, -0.2) is 9.59 Å². The highest BCUT2D eigenvalue weighted by molar-refractivity contribution is 5.86. The molecule has 1 aliphatic carbocycles. The lowest BCUT2D eigenvalue weighted by molar-refractivity contribution is -0.147. The van der Waals surface area contributed by atoms with Crippen LogP contribution in [0.2, 0.25) is 0 Å². The van der Waals surface area contributed by atoms with E-state index in [1.54, 1.807) is 6.92 Å². The van der Waals surface area contributed by atoms with E-state index in [4.69, 9.17) is 0 Å². The number of hydrogen-bond donors (Lipinski definition) is 2. The van der Waals surface area contributed by atoms with E-state index in [2.05, 4.69) is 5.32 Å². The van der Waals surface area contributed by atoms with Crippen molar-refractivity contribution in [3.05, 3.63) is 0 Å². The van der Waals surface area contributed by atoms with Gasteiger partial charge < -0.3 is 15.3 Å². The molecule has 0 spiro atoms. The lowest BCUT2D eigenvalue weighted by Crippen LogP contribution is -2.55. The summed E-state index contributed by atoms with van der Waals surface area (Å²) >= 11 is 0. The van der Waals surface area contributed by atoms with Gasteiger partial charge in [0.2, 0.25) is 0 Å². The zero-order chi connectivity index (χ0) is 13.3. The summed E-state index contributed by atoms with van der Waals surface area (Å²) in [6.45, 7) is 4.16. The normalized spacial score (nSPS) is 29.1. The molecule has 0 aromatic heterocycles. The quantitative estimate of drug-likeness (QED) is 0.804.